The number of halogens is 5. The number of guanidine groups is 1. The van der Waals surface area contributed by atoms with Crippen LogP contribution in [0.2, 0.25) is 15.1 Å². The van der Waals surface area contributed by atoms with Gasteiger partial charge in [-0.15, -0.1) is 0 Å². The minimum atomic E-state index is -0.360. The lowest BCUT2D eigenvalue weighted by molar-refractivity contribution is 0.627. The fraction of sp³-hybridized carbons (Fsp3) is 0.281. The molecule has 12 heteroatoms. The summed E-state index contributed by atoms with van der Waals surface area (Å²) in [7, 11) is 0. The summed E-state index contributed by atoms with van der Waals surface area (Å²) in [6.07, 6.45) is 3.90. The number of benzene rings is 3. The number of nitrogen functional groups attached to an aromatic ring is 1. The van der Waals surface area contributed by atoms with E-state index in [1.54, 1.807) is 18.2 Å². The molecule has 3 aromatic carbocycles. The van der Waals surface area contributed by atoms with E-state index in [1.165, 1.54) is 16.8 Å². The summed E-state index contributed by atoms with van der Waals surface area (Å²) in [5.74, 6) is 0.542. The maximum absolute atomic E-state index is 13.4. The molecule has 228 valence electrons. The van der Waals surface area contributed by atoms with Gasteiger partial charge in [0.15, 0.2) is 5.96 Å². The third kappa shape index (κ3) is 7.67. The van der Waals surface area contributed by atoms with Crippen molar-refractivity contribution < 1.29 is 4.39 Å². The average Bonchev–Trinajstić information content (AvgIpc) is 3.71. The number of aryl methyl sites for hydroxylation is 1. The predicted octanol–water partition coefficient (Wildman–Crippen LogP) is 7.63. The van der Waals surface area contributed by atoms with Crippen molar-refractivity contribution in [3.63, 3.8) is 0 Å². The fourth-order valence-corrected chi connectivity index (χ4v) is 6.42. The van der Waals surface area contributed by atoms with Gasteiger partial charge in [0.05, 0.1) is 17.9 Å². The van der Waals surface area contributed by atoms with Crippen LogP contribution in [0.3, 0.4) is 0 Å². The summed E-state index contributed by atoms with van der Waals surface area (Å²) in [6, 6.07) is 19.5. The molecule has 1 aliphatic carbocycles. The molecule has 0 amide bonds. The molecule has 44 heavy (non-hydrogen) atoms. The van der Waals surface area contributed by atoms with Crippen LogP contribution >= 0.6 is 50.7 Å². The first-order valence-corrected chi connectivity index (χ1v) is 16.1. The Hall–Kier alpha value is -3.29. The van der Waals surface area contributed by atoms with Gasteiger partial charge >= 0.3 is 0 Å². The van der Waals surface area contributed by atoms with Gasteiger partial charge in [-0.25, -0.2) is 9.07 Å². The third-order valence-corrected chi connectivity index (χ3v) is 9.05. The van der Waals surface area contributed by atoms with Gasteiger partial charge in [-0.1, -0.05) is 62.9 Å². The number of aromatic nitrogens is 2. The van der Waals surface area contributed by atoms with Gasteiger partial charge in [0.2, 0.25) is 0 Å². The van der Waals surface area contributed by atoms with Gasteiger partial charge < -0.3 is 16.4 Å². The molecule has 0 saturated heterocycles. The first-order chi connectivity index (χ1) is 21.2. The first kappa shape index (κ1) is 32.1. The fourth-order valence-electron chi connectivity index (χ4n) is 5.04. The quantitative estimate of drug-likeness (QED) is 0.0842. The molecule has 0 radical (unpaired) electrons. The lowest BCUT2D eigenvalue weighted by Crippen LogP contribution is -2.39. The minimum absolute atomic E-state index is 0.0850. The highest BCUT2D eigenvalue weighted by Crippen LogP contribution is 2.51. The van der Waals surface area contributed by atoms with Crippen molar-refractivity contribution in [1.29, 1.82) is 5.26 Å². The SMILES string of the molecule is N#Cc1c(CCCNC(=NCC2(c3ccc(Br)cc3Cl)CC2)NCCc2ccc(Cl)cc2Cl)nn(-c2ccc(F)cc2)c1N. The van der Waals surface area contributed by atoms with Crippen LogP contribution in [0.25, 0.3) is 5.69 Å². The Bertz CT molecular complexity index is 1710. The number of rotatable bonds is 11. The van der Waals surface area contributed by atoms with Crippen LogP contribution in [-0.2, 0) is 18.3 Å². The van der Waals surface area contributed by atoms with Gasteiger partial charge in [0, 0.05) is 38.0 Å². The summed E-state index contributed by atoms with van der Waals surface area (Å²) in [4.78, 5) is 4.96. The molecule has 0 atom stereocenters. The molecule has 7 nitrogen and oxygen atoms in total. The van der Waals surface area contributed by atoms with Gasteiger partial charge in [-0.05, 0) is 91.8 Å². The topological polar surface area (TPSA) is 104 Å². The second-order valence-corrected chi connectivity index (χ2v) is 12.9. The highest BCUT2D eigenvalue weighted by Gasteiger charge is 2.45. The van der Waals surface area contributed by atoms with Crippen LogP contribution in [-0.4, -0.2) is 35.4 Å². The molecule has 0 aliphatic heterocycles. The summed E-state index contributed by atoms with van der Waals surface area (Å²) < 4.78 is 15.8. The molecule has 1 heterocycles. The highest BCUT2D eigenvalue weighted by molar-refractivity contribution is 9.10. The van der Waals surface area contributed by atoms with Crippen molar-refractivity contribution in [2.45, 2.75) is 37.5 Å². The molecule has 1 fully saturated rings. The van der Waals surface area contributed by atoms with Crippen LogP contribution < -0.4 is 16.4 Å². The zero-order chi connectivity index (χ0) is 31.3. The molecule has 0 spiro atoms. The number of nitriles is 1. The standard InChI is InChI=1S/C32H30BrCl3FN7/c33-21-4-10-26(28(36)16-21)32(12-13-32)19-42-31(41-15-11-20-3-5-22(34)17-27(20)35)40-14-1-2-29-25(18-38)30(39)44(43-29)24-8-6-23(37)7-9-24/h3-10,16-17H,1-2,11-15,19,39H2,(H2,40,41,42). The van der Waals surface area contributed by atoms with Crippen LogP contribution in [0.5, 0.6) is 0 Å². The molecule has 0 unspecified atom stereocenters. The monoisotopic (exact) mass is 715 g/mol. The molecular formula is C32H30BrCl3FN7. The normalized spacial score (nSPS) is 13.9. The van der Waals surface area contributed by atoms with E-state index in [2.05, 4.69) is 43.8 Å². The van der Waals surface area contributed by atoms with E-state index < -0.39 is 0 Å². The Kier molecular flexibility index (Phi) is 10.4. The van der Waals surface area contributed by atoms with Crippen LogP contribution in [0.15, 0.2) is 70.1 Å². The number of nitrogens with one attached hydrogen (secondary N) is 2. The molecule has 5 rings (SSSR count). The lowest BCUT2D eigenvalue weighted by atomic mass is 9.96. The maximum Gasteiger partial charge on any atom is 0.191 e. The van der Waals surface area contributed by atoms with Crippen LogP contribution in [0.1, 0.15) is 41.6 Å². The summed E-state index contributed by atoms with van der Waals surface area (Å²) in [6.45, 7) is 1.77. The smallest absolute Gasteiger partial charge is 0.191 e. The van der Waals surface area contributed by atoms with Crippen molar-refractivity contribution in [2.24, 2.45) is 4.99 Å². The Morgan fingerprint density at radius 3 is 2.45 bits per heavy atom. The van der Waals surface area contributed by atoms with E-state index in [0.717, 1.165) is 33.5 Å². The Labute approximate surface area is 279 Å². The molecular weight excluding hydrogens is 688 g/mol. The van der Waals surface area contributed by atoms with E-state index in [-0.39, 0.29) is 17.1 Å². The summed E-state index contributed by atoms with van der Waals surface area (Å²) >= 11 is 22.5. The van der Waals surface area contributed by atoms with E-state index >= 15 is 0 Å². The summed E-state index contributed by atoms with van der Waals surface area (Å²) in [5.41, 5.74) is 9.73. The predicted molar refractivity (Wildman–Crippen MR) is 180 cm³/mol. The first-order valence-electron chi connectivity index (χ1n) is 14.1. The number of hydrogen-bond donors (Lipinski definition) is 3. The second-order valence-electron chi connectivity index (χ2n) is 10.7. The zero-order valence-corrected chi connectivity index (χ0v) is 27.5. The molecule has 1 aromatic heterocycles. The van der Waals surface area contributed by atoms with E-state index in [9.17, 15) is 9.65 Å². The number of nitrogens with zero attached hydrogens (tertiary/aromatic N) is 4. The average molecular weight is 718 g/mol. The Morgan fingerprint density at radius 1 is 1.02 bits per heavy atom. The minimum Gasteiger partial charge on any atom is -0.382 e. The highest BCUT2D eigenvalue weighted by atomic mass is 79.9. The Morgan fingerprint density at radius 2 is 1.77 bits per heavy atom. The molecule has 0 bridgehead atoms. The molecule has 4 N–H and O–H groups in total. The van der Waals surface area contributed by atoms with Crippen molar-refractivity contribution in [3.05, 3.63) is 108 Å². The zero-order valence-electron chi connectivity index (χ0n) is 23.7. The van der Waals surface area contributed by atoms with Crippen LogP contribution in [0.4, 0.5) is 10.2 Å². The molecule has 1 aliphatic rings. The van der Waals surface area contributed by atoms with E-state index in [4.69, 9.17) is 45.5 Å². The van der Waals surface area contributed by atoms with Gasteiger partial charge in [-0.3, -0.25) is 4.99 Å². The number of nitrogens with two attached hydrogens (primary N) is 1. The number of hydrogen-bond acceptors (Lipinski definition) is 4. The second kappa shape index (κ2) is 14.2. The molecule has 4 aromatic rings. The van der Waals surface area contributed by atoms with Crippen molar-refractivity contribution >= 4 is 62.5 Å². The van der Waals surface area contributed by atoms with E-state index in [1.807, 2.05) is 24.3 Å². The lowest BCUT2D eigenvalue weighted by Gasteiger charge is -2.18. The van der Waals surface area contributed by atoms with Crippen molar-refractivity contribution in [2.75, 3.05) is 25.4 Å². The largest absolute Gasteiger partial charge is 0.382 e. The van der Waals surface area contributed by atoms with Gasteiger partial charge in [0.25, 0.3) is 0 Å². The number of anilines is 1. The number of aliphatic imine (C=N–C) groups is 1. The van der Waals surface area contributed by atoms with E-state index in [0.29, 0.717) is 71.8 Å². The van der Waals surface area contributed by atoms with Crippen molar-refractivity contribution in [1.82, 2.24) is 20.4 Å². The van der Waals surface area contributed by atoms with Crippen molar-refractivity contribution in [3.8, 4) is 11.8 Å². The molecule has 1 saturated carbocycles. The van der Waals surface area contributed by atoms with Gasteiger partial charge in [-0.2, -0.15) is 10.4 Å². The summed E-state index contributed by atoms with van der Waals surface area (Å²) in [5, 5.41) is 23.1. The van der Waals surface area contributed by atoms with Gasteiger partial charge in [0.1, 0.15) is 23.3 Å². The third-order valence-electron chi connectivity index (χ3n) is 7.66. The Balaban J connectivity index is 1.25. The van der Waals surface area contributed by atoms with Crippen LogP contribution in [0, 0.1) is 17.1 Å². The maximum atomic E-state index is 13.4.